The van der Waals surface area contributed by atoms with Gasteiger partial charge in [-0.1, -0.05) is 42.5 Å². The molecule has 2 aromatic rings. The average molecular weight is 336 g/mol. The second-order valence-electron chi connectivity index (χ2n) is 5.23. The van der Waals surface area contributed by atoms with E-state index in [-0.39, 0.29) is 12.2 Å². The number of hydrogen-bond donors (Lipinski definition) is 0. The molecule has 24 heavy (non-hydrogen) atoms. The Morgan fingerprint density at radius 3 is 2.12 bits per heavy atom. The predicted molar refractivity (Wildman–Crippen MR) is 81.5 cm³/mol. The topological polar surface area (TPSA) is 43.4 Å². The van der Waals surface area contributed by atoms with E-state index in [0.717, 1.165) is 12.1 Å². The van der Waals surface area contributed by atoms with E-state index in [1.807, 2.05) is 0 Å². The third kappa shape index (κ3) is 4.68. The fourth-order valence-corrected chi connectivity index (χ4v) is 2.11. The summed E-state index contributed by atoms with van der Waals surface area (Å²) >= 11 is 0. The van der Waals surface area contributed by atoms with Crippen molar-refractivity contribution in [2.75, 3.05) is 0 Å². The van der Waals surface area contributed by atoms with Crippen LogP contribution in [0.1, 0.15) is 28.4 Å². The van der Waals surface area contributed by atoms with Gasteiger partial charge in [-0.3, -0.25) is 9.59 Å². The summed E-state index contributed by atoms with van der Waals surface area (Å²) in [5.41, 5.74) is 0.0203. The number of carbonyl (C=O) groups is 2. The summed E-state index contributed by atoms with van der Waals surface area (Å²) in [6, 6.07) is 12.6. The Kier molecular flexibility index (Phi) is 5.39. The van der Waals surface area contributed by atoms with E-state index in [1.54, 1.807) is 30.3 Å². The third-order valence-electron chi connectivity index (χ3n) is 3.37. The van der Waals surface area contributed by atoms with Gasteiger partial charge < -0.3 is 4.74 Å². The van der Waals surface area contributed by atoms with Crippen LogP contribution in [0.3, 0.4) is 0 Å². The SMILES string of the molecule is CC(OC(=O)Cc1ccc(C(F)(F)F)cc1)C(=O)c1ccccc1. The molecule has 0 spiro atoms. The molecule has 0 aliphatic carbocycles. The van der Waals surface area contributed by atoms with Crippen LogP contribution in [-0.2, 0) is 22.1 Å². The van der Waals surface area contributed by atoms with Crippen LogP contribution in [0.25, 0.3) is 0 Å². The predicted octanol–water partition coefficient (Wildman–Crippen LogP) is 4.06. The van der Waals surface area contributed by atoms with Gasteiger partial charge in [0.05, 0.1) is 12.0 Å². The van der Waals surface area contributed by atoms with Gasteiger partial charge in [0, 0.05) is 5.56 Å². The van der Waals surface area contributed by atoms with Crippen molar-refractivity contribution < 1.29 is 27.5 Å². The summed E-state index contributed by atoms with van der Waals surface area (Å²) in [4.78, 5) is 23.9. The quantitative estimate of drug-likeness (QED) is 0.611. The fraction of sp³-hybridized carbons (Fsp3) is 0.222. The van der Waals surface area contributed by atoms with Crippen molar-refractivity contribution in [3.63, 3.8) is 0 Å². The summed E-state index contributed by atoms with van der Waals surface area (Å²) in [6.45, 7) is 1.46. The van der Waals surface area contributed by atoms with Crippen molar-refractivity contribution in [3.8, 4) is 0 Å². The lowest BCUT2D eigenvalue weighted by molar-refractivity contribution is -0.145. The number of ether oxygens (including phenoxy) is 1. The van der Waals surface area contributed by atoms with Crippen molar-refractivity contribution >= 4 is 11.8 Å². The lowest BCUT2D eigenvalue weighted by Gasteiger charge is -2.12. The maximum atomic E-state index is 12.5. The number of alkyl halides is 3. The van der Waals surface area contributed by atoms with Crippen LogP contribution in [0.5, 0.6) is 0 Å². The highest BCUT2D eigenvalue weighted by Gasteiger charge is 2.30. The second-order valence-corrected chi connectivity index (χ2v) is 5.23. The van der Waals surface area contributed by atoms with Crippen LogP contribution >= 0.6 is 0 Å². The van der Waals surface area contributed by atoms with Gasteiger partial charge in [0.15, 0.2) is 6.10 Å². The molecule has 0 bridgehead atoms. The molecular weight excluding hydrogens is 321 g/mol. The number of halogens is 3. The molecule has 126 valence electrons. The zero-order valence-corrected chi connectivity index (χ0v) is 12.8. The number of Topliss-reactive ketones (excluding diaryl/α,β-unsaturated/α-hetero) is 1. The molecule has 0 aliphatic rings. The lowest BCUT2D eigenvalue weighted by atomic mass is 10.1. The first kappa shape index (κ1) is 17.7. The smallest absolute Gasteiger partial charge is 0.416 e. The molecule has 1 atom stereocenters. The molecule has 0 amide bonds. The van der Waals surface area contributed by atoms with Gasteiger partial charge in [-0.15, -0.1) is 0 Å². The van der Waals surface area contributed by atoms with E-state index in [9.17, 15) is 22.8 Å². The Hall–Kier alpha value is -2.63. The Balaban J connectivity index is 1.94. The maximum absolute atomic E-state index is 12.5. The number of esters is 1. The van der Waals surface area contributed by atoms with Crippen molar-refractivity contribution in [2.45, 2.75) is 25.6 Å². The van der Waals surface area contributed by atoms with Gasteiger partial charge in [0.1, 0.15) is 0 Å². The molecule has 0 aliphatic heterocycles. The highest BCUT2D eigenvalue weighted by molar-refractivity contribution is 6.00. The highest BCUT2D eigenvalue weighted by Crippen LogP contribution is 2.29. The summed E-state index contributed by atoms with van der Waals surface area (Å²) in [7, 11) is 0. The Morgan fingerprint density at radius 2 is 1.58 bits per heavy atom. The molecule has 6 heteroatoms. The maximum Gasteiger partial charge on any atom is 0.416 e. The van der Waals surface area contributed by atoms with E-state index in [1.165, 1.54) is 19.1 Å². The minimum absolute atomic E-state index is 0.204. The molecule has 0 heterocycles. The highest BCUT2D eigenvalue weighted by atomic mass is 19.4. The second kappa shape index (κ2) is 7.29. The minimum Gasteiger partial charge on any atom is -0.454 e. The Morgan fingerprint density at radius 1 is 1.00 bits per heavy atom. The van der Waals surface area contributed by atoms with E-state index in [0.29, 0.717) is 11.1 Å². The monoisotopic (exact) mass is 336 g/mol. The summed E-state index contributed by atoms with van der Waals surface area (Å²) < 4.78 is 42.5. The third-order valence-corrected chi connectivity index (χ3v) is 3.37. The van der Waals surface area contributed by atoms with E-state index < -0.39 is 23.8 Å². The van der Waals surface area contributed by atoms with E-state index >= 15 is 0 Å². The average Bonchev–Trinajstić information content (AvgIpc) is 2.54. The van der Waals surface area contributed by atoms with Crippen LogP contribution in [0, 0.1) is 0 Å². The van der Waals surface area contributed by atoms with Crippen LogP contribution < -0.4 is 0 Å². The largest absolute Gasteiger partial charge is 0.454 e. The van der Waals surface area contributed by atoms with E-state index in [2.05, 4.69) is 0 Å². The normalized spacial score (nSPS) is 12.5. The lowest BCUT2D eigenvalue weighted by Crippen LogP contribution is -2.25. The van der Waals surface area contributed by atoms with Gasteiger partial charge in [-0.2, -0.15) is 13.2 Å². The number of carbonyl (C=O) groups excluding carboxylic acids is 2. The number of benzene rings is 2. The molecule has 2 aromatic carbocycles. The Bertz CT molecular complexity index is 707. The molecule has 1 unspecified atom stereocenters. The van der Waals surface area contributed by atoms with Crippen LogP contribution in [-0.4, -0.2) is 17.9 Å². The van der Waals surface area contributed by atoms with Crippen molar-refractivity contribution in [2.24, 2.45) is 0 Å². The first-order valence-electron chi connectivity index (χ1n) is 7.22. The molecule has 0 radical (unpaired) electrons. The molecule has 0 saturated heterocycles. The van der Waals surface area contributed by atoms with Gasteiger partial charge in [-0.05, 0) is 24.6 Å². The number of hydrogen-bond acceptors (Lipinski definition) is 3. The number of rotatable bonds is 5. The first-order chi connectivity index (χ1) is 11.3. The summed E-state index contributed by atoms with van der Waals surface area (Å²) in [5, 5.41) is 0. The van der Waals surface area contributed by atoms with Crippen molar-refractivity contribution in [1.82, 2.24) is 0 Å². The molecular formula is C18H15F3O3. The van der Waals surface area contributed by atoms with Crippen LogP contribution in [0.15, 0.2) is 54.6 Å². The zero-order valence-electron chi connectivity index (χ0n) is 12.8. The fourth-order valence-electron chi connectivity index (χ4n) is 2.11. The van der Waals surface area contributed by atoms with Crippen molar-refractivity contribution in [1.29, 1.82) is 0 Å². The summed E-state index contributed by atoms with van der Waals surface area (Å²) in [6.07, 6.45) is -5.59. The molecule has 2 rings (SSSR count). The van der Waals surface area contributed by atoms with Crippen LogP contribution in [0.2, 0.25) is 0 Å². The van der Waals surface area contributed by atoms with E-state index in [4.69, 9.17) is 4.74 Å². The van der Waals surface area contributed by atoms with Gasteiger partial charge in [0.25, 0.3) is 0 Å². The van der Waals surface area contributed by atoms with Crippen LogP contribution in [0.4, 0.5) is 13.2 Å². The van der Waals surface area contributed by atoms with Gasteiger partial charge in [0.2, 0.25) is 5.78 Å². The standard InChI is InChI=1S/C18H15F3O3/c1-12(17(23)14-5-3-2-4-6-14)24-16(22)11-13-7-9-15(10-8-13)18(19,20)21/h2-10,12H,11H2,1H3. The van der Waals surface area contributed by atoms with Gasteiger partial charge in [-0.25, -0.2) is 0 Å². The molecule has 0 N–H and O–H groups in total. The minimum atomic E-state index is -4.42. The molecule has 3 nitrogen and oxygen atoms in total. The Labute approximate surface area is 137 Å². The zero-order chi connectivity index (χ0) is 17.7. The first-order valence-corrected chi connectivity index (χ1v) is 7.22. The summed E-state index contributed by atoms with van der Waals surface area (Å²) in [5.74, 6) is -1.01. The molecule has 0 aromatic heterocycles. The molecule has 0 saturated carbocycles. The van der Waals surface area contributed by atoms with Gasteiger partial charge >= 0.3 is 12.1 Å². The molecule has 0 fully saturated rings. The van der Waals surface area contributed by atoms with Crippen molar-refractivity contribution in [3.05, 3.63) is 71.3 Å². The number of ketones is 1.